The van der Waals surface area contributed by atoms with E-state index in [0.29, 0.717) is 23.8 Å². The van der Waals surface area contributed by atoms with E-state index in [2.05, 4.69) is 20.7 Å². The van der Waals surface area contributed by atoms with Gasteiger partial charge in [-0.15, -0.1) is 10.2 Å². The van der Waals surface area contributed by atoms with E-state index in [-0.39, 0.29) is 5.91 Å². The van der Waals surface area contributed by atoms with Gasteiger partial charge in [-0.25, -0.2) is 0 Å². The minimum Gasteiger partial charge on any atom is -0.360 e. The number of rotatable bonds is 6. The molecule has 2 heterocycles. The summed E-state index contributed by atoms with van der Waals surface area (Å²) in [5.74, 6) is 1.69. The van der Waals surface area contributed by atoms with Gasteiger partial charge in [-0.3, -0.25) is 4.79 Å². The Balaban J connectivity index is 1.71. The topological polar surface area (TPSA) is 80.9 Å². The summed E-state index contributed by atoms with van der Waals surface area (Å²) in [7, 11) is 0. The van der Waals surface area contributed by atoms with Crippen LogP contribution in [0.4, 0.5) is 5.82 Å². The van der Waals surface area contributed by atoms with Gasteiger partial charge in [-0.05, 0) is 13.2 Å². The van der Waals surface area contributed by atoms with Crippen molar-refractivity contribution in [3.8, 4) is 0 Å². The van der Waals surface area contributed by atoms with Crippen LogP contribution in [0, 0.1) is 6.92 Å². The molecule has 19 heavy (non-hydrogen) atoms. The predicted octanol–water partition coefficient (Wildman–Crippen LogP) is 2.68. The van der Waals surface area contributed by atoms with Crippen LogP contribution in [-0.2, 0) is 4.79 Å². The Bertz CT molecular complexity index is 554. The number of nitrogens with zero attached hydrogens (tertiary/aromatic N) is 3. The molecule has 2 aromatic heterocycles. The van der Waals surface area contributed by atoms with Crippen LogP contribution in [0.2, 0.25) is 0 Å². The van der Waals surface area contributed by atoms with E-state index in [1.165, 1.54) is 23.1 Å². The number of anilines is 1. The highest BCUT2D eigenvalue weighted by molar-refractivity contribution is 8.02. The Morgan fingerprint density at radius 1 is 1.47 bits per heavy atom. The molecule has 0 aromatic carbocycles. The third kappa shape index (κ3) is 4.51. The molecule has 0 aliphatic heterocycles. The highest BCUT2D eigenvalue weighted by Gasteiger charge is 2.08. The van der Waals surface area contributed by atoms with Crippen LogP contribution in [-0.4, -0.2) is 33.3 Å². The minimum atomic E-state index is -0.0876. The van der Waals surface area contributed by atoms with Crippen molar-refractivity contribution in [2.45, 2.75) is 22.0 Å². The fraction of sp³-hybridized carbons (Fsp3) is 0.400. The molecule has 0 saturated heterocycles. The first kappa shape index (κ1) is 14.4. The van der Waals surface area contributed by atoms with Crippen molar-refractivity contribution >= 4 is 46.6 Å². The maximum absolute atomic E-state index is 11.6. The largest absolute Gasteiger partial charge is 0.360 e. The molecule has 0 atom stereocenters. The van der Waals surface area contributed by atoms with Gasteiger partial charge >= 0.3 is 0 Å². The van der Waals surface area contributed by atoms with Crippen LogP contribution in [0.15, 0.2) is 19.3 Å². The lowest BCUT2D eigenvalue weighted by molar-refractivity contribution is -0.115. The van der Waals surface area contributed by atoms with Crippen molar-refractivity contribution in [3.05, 3.63) is 11.8 Å². The first-order valence-corrected chi connectivity index (χ1v) is 8.43. The number of carbonyl (C=O) groups is 1. The van der Waals surface area contributed by atoms with E-state index in [1.54, 1.807) is 24.8 Å². The van der Waals surface area contributed by atoms with E-state index in [1.807, 2.05) is 6.26 Å². The summed E-state index contributed by atoms with van der Waals surface area (Å²) < 4.78 is 6.68. The van der Waals surface area contributed by atoms with Gasteiger partial charge in [-0.1, -0.05) is 40.0 Å². The number of hydrogen-bond donors (Lipinski definition) is 1. The Hall–Kier alpha value is -1.06. The number of nitrogens with one attached hydrogen (secondary N) is 1. The summed E-state index contributed by atoms with van der Waals surface area (Å²) >= 11 is 4.63. The van der Waals surface area contributed by atoms with Gasteiger partial charge in [0.1, 0.15) is 5.76 Å². The van der Waals surface area contributed by atoms with Crippen molar-refractivity contribution in [3.63, 3.8) is 0 Å². The van der Waals surface area contributed by atoms with E-state index in [4.69, 9.17) is 4.52 Å². The van der Waals surface area contributed by atoms with Crippen LogP contribution in [0.1, 0.15) is 12.2 Å². The molecule has 2 rings (SSSR count). The van der Waals surface area contributed by atoms with Gasteiger partial charge in [0.05, 0.1) is 0 Å². The first-order valence-electron chi connectivity index (χ1n) is 5.41. The number of carbonyl (C=O) groups excluding carboxylic acids is 1. The summed E-state index contributed by atoms with van der Waals surface area (Å²) in [5.41, 5.74) is 0. The van der Waals surface area contributed by atoms with Gasteiger partial charge in [0.2, 0.25) is 5.91 Å². The molecule has 0 spiro atoms. The van der Waals surface area contributed by atoms with Crippen LogP contribution >= 0.6 is 34.9 Å². The summed E-state index contributed by atoms with van der Waals surface area (Å²) in [4.78, 5) is 11.6. The van der Waals surface area contributed by atoms with Gasteiger partial charge in [-0.2, -0.15) is 0 Å². The Morgan fingerprint density at radius 2 is 2.26 bits per heavy atom. The smallest absolute Gasteiger partial charge is 0.226 e. The third-order valence-corrected chi connectivity index (χ3v) is 5.05. The lowest BCUT2D eigenvalue weighted by atomic mass is 10.4. The molecule has 0 aliphatic carbocycles. The summed E-state index contributed by atoms with van der Waals surface area (Å²) in [6.07, 6.45) is 2.35. The summed E-state index contributed by atoms with van der Waals surface area (Å²) in [5, 5.41) is 14.4. The highest BCUT2D eigenvalue weighted by atomic mass is 32.2. The minimum absolute atomic E-state index is 0.0876. The second-order valence-electron chi connectivity index (χ2n) is 3.51. The molecule has 0 bridgehead atoms. The van der Waals surface area contributed by atoms with E-state index < -0.39 is 0 Å². The van der Waals surface area contributed by atoms with E-state index >= 15 is 0 Å². The zero-order chi connectivity index (χ0) is 13.7. The normalized spacial score (nSPS) is 10.6. The molecule has 0 fully saturated rings. The monoisotopic (exact) mass is 316 g/mol. The van der Waals surface area contributed by atoms with Crippen molar-refractivity contribution in [1.82, 2.24) is 15.4 Å². The predicted molar refractivity (Wildman–Crippen MR) is 76.9 cm³/mol. The quantitative estimate of drug-likeness (QED) is 0.820. The van der Waals surface area contributed by atoms with Crippen molar-refractivity contribution in [1.29, 1.82) is 0 Å². The average Bonchev–Trinajstić information content (AvgIpc) is 2.98. The second kappa shape index (κ2) is 6.92. The van der Waals surface area contributed by atoms with E-state index in [0.717, 1.165) is 8.68 Å². The maximum atomic E-state index is 11.6. The molecule has 1 N–H and O–H groups in total. The molecule has 0 radical (unpaired) electrons. The van der Waals surface area contributed by atoms with Crippen LogP contribution in [0.25, 0.3) is 0 Å². The number of aryl methyl sites for hydroxylation is 1. The SMILES string of the molecule is CSc1nnc(SCCC(=O)Nc2cc(C)on2)s1. The average molecular weight is 316 g/mol. The van der Waals surface area contributed by atoms with Crippen LogP contribution in [0.3, 0.4) is 0 Å². The van der Waals surface area contributed by atoms with Crippen molar-refractivity contribution in [2.75, 3.05) is 17.3 Å². The lowest BCUT2D eigenvalue weighted by Crippen LogP contribution is -2.12. The van der Waals surface area contributed by atoms with Gasteiger partial charge in [0.15, 0.2) is 14.5 Å². The summed E-state index contributed by atoms with van der Waals surface area (Å²) in [6, 6.07) is 1.68. The molecule has 102 valence electrons. The standard InChI is InChI=1S/C10H12N4O2S3/c1-6-5-7(14-16-6)11-8(15)3-4-18-10-13-12-9(17-2)19-10/h5H,3-4H2,1-2H3,(H,11,14,15). The molecular formula is C10H12N4O2S3. The Labute approximate surface area is 122 Å². The number of hydrogen-bond acceptors (Lipinski definition) is 8. The Morgan fingerprint density at radius 3 is 2.89 bits per heavy atom. The fourth-order valence-electron chi connectivity index (χ4n) is 1.20. The zero-order valence-electron chi connectivity index (χ0n) is 10.4. The molecule has 0 aliphatic rings. The number of aromatic nitrogens is 3. The van der Waals surface area contributed by atoms with E-state index in [9.17, 15) is 4.79 Å². The molecule has 6 nitrogen and oxygen atoms in total. The van der Waals surface area contributed by atoms with Crippen LogP contribution < -0.4 is 5.32 Å². The van der Waals surface area contributed by atoms with Crippen molar-refractivity contribution in [2.24, 2.45) is 0 Å². The molecule has 2 aromatic rings. The number of thioether (sulfide) groups is 2. The maximum Gasteiger partial charge on any atom is 0.226 e. The van der Waals surface area contributed by atoms with Gasteiger partial charge in [0, 0.05) is 18.2 Å². The Kier molecular flexibility index (Phi) is 5.23. The molecular weight excluding hydrogens is 304 g/mol. The van der Waals surface area contributed by atoms with Gasteiger partial charge in [0.25, 0.3) is 0 Å². The molecule has 0 saturated carbocycles. The molecule has 0 unspecified atom stereocenters. The lowest BCUT2D eigenvalue weighted by Gasteiger charge is -1.99. The second-order valence-corrected chi connectivity index (χ2v) is 6.88. The highest BCUT2D eigenvalue weighted by Crippen LogP contribution is 2.27. The van der Waals surface area contributed by atoms with Crippen molar-refractivity contribution < 1.29 is 9.32 Å². The summed E-state index contributed by atoms with van der Waals surface area (Å²) in [6.45, 7) is 1.78. The van der Waals surface area contributed by atoms with Gasteiger partial charge < -0.3 is 9.84 Å². The van der Waals surface area contributed by atoms with Crippen LogP contribution in [0.5, 0.6) is 0 Å². The third-order valence-electron chi connectivity index (χ3n) is 2.01. The first-order chi connectivity index (χ1) is 9.17. The fourth-order valence-corrected chi connectivity index (χ4v) is 3.65. The molecule has 1 amide bonds. The molecule has 9 heteroatoms. The number of amides is 1. The zero-order valence-corrected chi connectivity index (χ0v) is 12.8.